The van der Waals surface area contributed by atoms with E-state index >= 15 is 0 Å². The van der Waals surface area contributed by atoms with Crippen molar-refractivity contribution >= 4 is 45.4 Å². The Kier molecular flexibility index (Phi) is 5.38. The van der Waals surface area contributed by atoms with E-state index in [1.54, 1.807) is 24.0 Å². The lowest BCUT2D eigenvalue weighted by molar-refractivity contribution is -0.111. The van der Waals surface area contributed by atoms with Gasteiger partial charge in [-0.15, -0.1) is 11.8 Å². The van der Waals surface area contributed by atoms with Crippen LogP contribution < -0.4 is 5.32 Å². The van der Waals surface area contributed by atoms with Gasteiger partial charge in [0.25, 0.3) is 0 Å². The second-order valence-corrected chi connectivity index (χ2v) is 5.61. The standard InChI is InChI=1S/C15H13BrN2OS/c1-20-15-9-7-12(10-17-15)18-14(19)8-6-11-4-2-3-5-13(11)16/h2-10H,1H3,(H,18,19)/b8-6+. The van der Waals surface area contributed by atoms with Crippen LogP contribution in [0, 0.1) is 0 Å². The molecule has 1 amide bonds. The number of carbonyl (C=O) groups is 1. The molecule has 0 aliphatic rings. The summed E-state index contributed by atoms with van der Waals surface area (Å²) in [5.74, 6) is -0.181. The van der Waals surface area contributed by atoms with Crippen molar-refractivity contribution in [3.8, 4) is 0 Å². The number of amides is 1. The highest BCUT2D eigenvalue weighted by Gasteiger charge is 2.00. The summed E-state index contributed by atoms with van der Waals surface area (Å²) in [7, 11) is 0. The lowest BCUT2D eigenvalue weighted by Gasteiger charge is -2.02. The number of anilines is 1. The van der Waals surface area contributed by atoms with Crippen LogP contribution in [0.4, 0.5) is 5.69 Å². The summed E-state index contributed by atoms with van der Waals surface area (Å²) >= 11 is 5.00. The minimum Gasteiger partial charge on any atom is -0.321 e. The minimum atomic E-state index is -0.181. The van der Waals surface area contributed by atoms with Crippen molar-refractivity contribution < 1.29 is 4.79 Å². The Morgan fingerprint density at radius 1 is 1.30 bits per heavy atom. The predicted molar refractivity (Wildman–Crippen MR) is 87.8 cm³/mol. The first-order valence-corrected chi connectivity index (χ1v) is 7.94. The van der Waals surface area contributed by atoms with E-state index in [1.807, 2.05) is 42.7 Å². The highest BCUT2D eigenvalue weighted by atomic mass is 79.9. The number of nitrogens with zero attached hydrogens (tertiary/aromatic N) is 1. The largest absolute Gasteiger partial charge is 0.321 e. The molecule has 3 nitrogen and oxygen atoms in total. The quantitative estimate of drug-likeness (QED) is 0.664. The van der Waals surface area contributed by atoms with Crippen molar-refractivity contribution in [2.24, 2.45) is 0 Å². The molecule has 0 atom stereocenters. The van der Waals surface area contributed by atoms with E-state index in [0.717, 1.165) is 15.1 Å². The Morgan fingerprint density at radius 3 is 2.75 bits per heavy atom. The molecule has 2 rings (SSSR count). The number of nitrogens with one attached hydrogen (secondary N) is 1. The van der Waals surface area contributed by atoms with Crippen molar-refractivity contribution in [2.75, 3.05) is 11.6 Å². The summed E-state index contributed by atoms with van der Waals surface area (Å²) in [5, 5.41) is 3.69. The van der Waals surface area contributed by atoms with Gasteiger partial charge in [-0.1, -0.05) is 34.1 Å². The van der Waals surface area contributed by atoms with E-state index < -0.39 is 0 Å². The summed E-state index contributed by atoms with van der Waals surface area (Å²) in [4.78, 5) is 16.0. The first-order chi connectivity index (χ1) is 9.69. The van der Waals surface area contributed by atoms with Gasteiger partial charge in [-0.25, -0.2) is 4.98 Å². The van der Waals surface area contributed by atoms with Crippen LogP contribution in [0.3, 0.4) is 0 Å². The number of pyridine rings is 1. The maximum atomic E-state index is 11.8. The van der Waals surface area contributed by atoms with Gasteiger partial charge in [-0.05, 0) is 36.1 Å². The van der Waals surface area contributed by atoms with E-state index in [2.05, 4.69) is 26.2 Å². The van der Waals surface area contributed by atoms with Crippen LogP contribution in [0.5, 0.6) is 0 Å². The Labute approximate surface area is 130 Å². The Morgan fingerprint density at radius 2 is 2.10 bits per heavy atom. The van der Waals surface area contributed by atoms with Gasteiger partial charge in [0.05, 0.1) is 16.9 Å². The number of carbonyl (C=O) groups excluding carboxylic acids is 1. The number of rotatable bonds is 4. The molecular formula is C15H13BrN2OS. The topological polar surface area (TPSA) is 42.0 Å². The molecule has 0 aliphatic carbocycles. The Hall–Kier alpha value is -1.59. The molecule has 102 valence electrons. The molecule has 1 heterocycles. The van der Waals surface area contributed by atoms with Crippen LogP contribution >= 0.6 is 27.7 Å². The van der Waals surface area contributed by atoms with Crippen LogP contribution in [0.15, 0.2) is 58.2 Å². The van der Waals surface area contributed by atoms with Gasteiger partial charge in [0.15, 0.2) is 0 Å². The predicted octanol–water partition coefficient (Wildman–Crippen LogP) is 4.22. The van der Waals surface area contributed by atoms with Crippen LogP contribution in [0.1, 0.15) is 5.56 Å². The van der Waals surface area contributed by atoms with Gasteiger partial charge >= 0.3 is 0 Å². The number of hydrogen-bond acceptors (Lipinski definition) is 3. The molecule has 1 N–H and O–H groups in total. The Balaban J connectivity index is 2.00. The average molecular weight is 349 g/mol. The fourth-order valence-electron chi connectivity index (χ4n) is 1.53. The maximum Gasteiger partial charge on any atom is 0.248 e. The number of benzene rings is 1. The molecule has 1 aromatic carbocycles. The van der Waals surface area contributed by atoms with Crippen LogP contribution in [0.2, 0.25) is 0 Å². The molecule has 0 spiro atoms. The van der Waals surface area contributed by atoms with E-state index in [9.17, 15) is 4.79 Å². The third kappa shape index (κ3) is 4.21. The number of aromatic nitrogens is 1. The van der Waals surface area contributed by atoms with E-state index in [-0.39, 0.29) is 5.91 Å². The SMILES string of the molecule is CSc1ccc(NC(=O)/C=C/c2ccccc2Br)cn1. The normalized spacial score (nSPS) is 10.7. The number of hydrogen-bond donors (Lipinski definition) is 1. The average Bonchev–Trinajstić information content (AvgIpc) is 2.47. The maximum absolute atomic E-state index is 11.8. The fourth-order valence-corrected chi connectivity index (χ4v) is 2.31. The van der Waals surface area contributed by atoms with Crippen molar-refractivity contribution in [2.45, 2.75) is 5.03 Å². The summed E-state index contributed by atoms with van der Waals surface area (Å²) < 4.78 is 0.954. The molecule has 0 aliphatic heterocycles. The molecule has 2 aromatic rings. The van der Waals surface area contributed by atoms with Crippen molar-refractivity contribution in [1.29, 1.82) is 0 Å². The van der Waals surface area contributed by atoms with Crippen molar-refractivity contribution in [3.63, 3.8) is 0 Å². The van der Waals surface area contributed by atoms with Gasteiger partial charge < -0.3 is 5.32 Å². The number of thioether (sulfide) groups is 1. The molecule has 0 fully saturated rings. The molecule has 0 bridgehead atoms. The third-order valence-corrected chi connectivity index (χ3v) is 3.91. The smallest absolute Gasteiger partial charge is 0.248 e. The minimum absolute atomic E-state index is 0.181. The molecule has 20 heavy (non-hydrogen) atoms. The zero-order valence-electron chi connectivity index (χ0n) is 10.8. The highest BCUT2D eigenvalue weighted by molar-refractivity contribution is 9.10. The molecule has 5 heteroatoms. The second-order valence-electron chi connectivity index (χ2n) is 3.93. The molecule has 0 unspecified atom stereocenters. The zero-order valence-corrected chi connectivity index (χ0v) is 13.2. The fraction of sp³-hybridized carbons (Fsp3) is 0.0667. The van der Waals surface area contributed by atoms with E-state index in [0.29, 0.717) is 5.69 Å². The first-order valence-electron chi connectivity index (χ1n) is 5.92. The van der Waals surface area contributed by atoms with Crippen LogP contribution in [-0.4, -0.2) is 17.1 Å². The van der Waals surface area contributed by atoms with Gasteiger partial charge in [0.2, 0.25) is 5.91 Å². The van der Waals surface area contributed by atoms with Crippen LogP contribution in [0.25, 0.3) is 6.08 Å². The number of halogens is 1. The van der Waals surface area contributed by atoms with Crippen LogP contribution in [-0.2, 0) is 4.79 Å². The molecule has 0 radical (unpaired) electrons. The molecule has 0 saturated carbocycles. The van der Waals surface area contributed by atoms with Gasteiger partial charge in [0.1, 0.15) is 0 Å². The summed E-state index contributed by atoms with van der Waals surface area (Å²) in [5.41, 5.74) is 1.64. The first kappa shape index (κ1) is 14.8. The van der Waals surface area contributed by atoms with Gasteiger partial charge in [0, 0.05) is 10.5 Å². The van der Waals surface area contributed by atoms with Gasteiger partial charge in [-0.2, -0.15) is 0 Å². The molecule has 1 aromatic heterocycles. The summed E-state index contributed by atoms with van der Waals surface area (Å²) in [6.07, 6.45) is 6.88. The van der Waals surface area contributed by atoms with Gasteiger partial charge in [-0.3, -0.25) is 4.79 Å². The van der Waals surface area contributed by atoms with Crippen molar-refractivity contribution in [1.82, 2.24) is 4.98 Å². The lowest BCUT2D eigenvalue weighted by Crippen LogP contribution is -2.07. The second kappa shape index (κ2) is 7.26. The highest BCUT2D eigenvalue weighted by Crippen LogP contribution is 2.17. The zero-order chi connectivity index (χ0) is 14.4. The monoisotopic (exact) mass is 348 g/mol. The lowest BCUT2D eigenvalue weighted by atomic mass is 10.2. The summed E-state index contributed by atoms with van der Waals surface area (Å²) in [6, 6.07) is 11.4. The van der Waals surface area contributed by atoms with E-state index in [4.69, 9.17) is 0 Å². The molecule has 0 saturated heterocycles. The molecular weight excluding hydrogens is 336 g/mol. The van der Waals surface area contributed by atoms with E-state index in [1.165, 1.54) is 6.08 Å². The van der Waals surface area contributed by atoms with Crippen molar-refractivity contribution in [3.05, 3.63) is 58.7 Å². The summed E-state index contributed by atoms with van der Waals surface area (Å²) in [6.45, 7) is 0. The Bertz CT molecular complexity index is 626. The third-order valence-electron chi connectivity index (χ3n) is 2.53.